The molecule has 1 aromatic carbocycles. The second-order valence-corrected chi connectivity index (χ2v) is 6.84. The van der Waals surface area contributed by atoms with Gasteiger partial charge in [0.15, 0.2) is 5.78 Å². The summed E-state index contributed by atoms with van der Waals surface area (Å²) in [6, 6.07) is 5.02. The molecular weight excluding hydrogens is 295 g/mol. The molecule has 20 heavy (non-hydrogen) atoms. The third kappa shape index (κ3) is 3.53. The lowest BCUT2D eigenvalue weighted by atomic mass is 9.99. The molecule has 0 atom stereocenters. The molecule has 0 bridgehead atoms. The molecule has 0 radical (unpaired) electrons. The first kappa shape index (κ1) is 15.8. The van der Waals surface area contributed by atoms with Crippen LogP contribution in [0.3, 0.4) is 0 Å². The van der Waals surface area contributed by atoms with Gasteiger partial charge in [0.2, 0.25) is 0 Å². The summed E-state index contributed by atoms with van der Waals surface area (Å²) in [5, 5.41) is 0.975. The van der Waals surface area contributed by atoms with E-state index in [4.69, 9.17) is 23.2 Å². The molecule has 0 saturated carbocycles. The fourth-order valence-corrected chi connectivity index (χ4v) is 2.99. The van der Waals surface area contributed by atoms with Crippen molar-refractivity contribution in [3.05, 3.63) is 33.8 Å². The van der Waals surface area contributed by atoms with Crippen LogP contribution in [0.15, 0.2) is 18.2 Å². The Hall–Kier alpha value is -0.610. The van der Waals surface area contributed by atoms with Crippen LogP contribution in [0.25, 0.3) is 0 Å². The zero-order valence-electron chi connectivity index (χ0n) is 12.1. The Balaban J connectivity index is 2.05. The quantitative estimate of drug-likeness (QED) is 0.800. The van der Waals surface area contributed by atoms with E-state index in [1.54, 1.807) is 18.2 Å². The molecule has 110 valence electrons. The summed E-state index contributed by atoms with van der Waals surface area (Å²) in [7, 11) is 2.12. The molecule has 0 spiro atoms. The van der Waals surface area contributed by atoms with Gasteiger partial charge in [-0.15, -0.1) is 0 Å². The van der Waals surface area contributed by atoms with E-state index in [1.807, 2.05) is 0 Å². The molecule has 1 aromatic rings. The third-order valence-corrected chi connectivity index (χ3v) is 4.54. The van der Waals surface area contributed by atoms with Crippen molar-refractivity contribution in [1.82, 2.24) is 9.80 Å². The predicted molar refractivity (Wildman–Crippen MR) is 83.9 cm³/mol. The van der Waals surface area contributed by atoms with E-state index in [0.29, 0.717) is 22.2 Å². The maximum atomic E-state index is 12.4. The lowest BCUT2D eigenvalue weighted by molar-refractivity contribution is 0.0390. The summed E-state index contributed by atoms with van der Waals surface area (Å²) in [5.74, 6) is 0.0482. The molecule has 1 fully saturated rings. The second kappa shape index (κ2) is 6.02. The summed E-state index contributed by atoms with van der Waals surface area (Å²) in [5.41, 5.74) is 0.635. The van der Waals surface area contributed by atoms with Gasteiger partial charge in [-0.3, -0.25) is 14.6 Å². The van der Waals surface area contributed by atoms with E-state index >= 15 is 0 Å². The number of likely N-dealkylation sites (N-methyl/N-ethyl adjacent to an activating group) is 1. The van der Waals surface area contributed by atoms with Crippen molar-refractivity contribution in [1.29, 1.82) is 0 Å². The lowest BCUT2D eigenvalue weighted by Crippen LogP contribution is -2.58. The van der Waals surface area contributed by atoms with Gasteiger partial charge in [0.25, 0.3) is 0 Å². The molecule has 1 aliphatic heterocycles. The largest absolute Gasteiger partial charge is 0.299 e. The van der Waals surface area contributed by atoms with Gasteiger partial charge in [-0.05, 0) is 39.1 Å². The van der Waals surface area contributed by atoms with E-state index in [-0.39, 0.29) is 11.3 Å². The number of halogens is 2. The monoisotopic (exact) mass is 314 g/mol. The number of nitrogens with zero attached hydrogens (tertiary/aromatic N) is 2. The standard InChI is InChI=1S/C15H20Cl2N2O/c1-15(2)10-19(7-6-18(15)3)9-14(20)12-5-4-11(16)8-13(12)17/h4-5,8H,6-7,9-10H2,1-3H3. The summed E-state index contributed by atoms with van der Waals surface area (Å²) >= 11 is 11.9. The van der Waals surface area contributed by atoms with Crippen LogP contribution in [0.5, 0.6) is 0 Å². The summed E-state index contributed by atoms with van der Waals surface area (Å²) in [6.07, 6.45) is 0. The van der Waals surface area contributed by atoms with Crippen LogP contribution in [0.4, 0.5) is 0 Å². The molecule has 3 nitrogen and oxygen atoms in total. The van der Waals surface area contributed by atoms with E-state index in [1.165, 1.54) is 0 Å². The van der Waals surface area contributed by atoms with Gasteiger partial charge in [0, 0.05) is 35.8 Å². The van der Waals surface area contributed by atoms with Crippen molar-refractivity contribution in [2.24, 2.45) is 0 Å². The minimum Gasteiger partial charge on any atom is -0.299 e. The van der Waals surface area contributed by atoms with Crippen molar-refractivity contribution in [3.63, 3.8) is 0 Å². The Morgan fingerprint density at radius 2 is 2.00 bits per heavy atom. The number of hydrogen-bond acceptors (Lipinski definition) is 3. The number of carbonyl (C=O) groups excluding carboxylic acids is 1. The first-order chi connectivity index (χ1) is 9.29. The maximum Gasteiger partial charge on any atom is 0.178 e. The first-order valence-corrected chi connectivity index (χ1v) is 7.47. The predicted octanol–water partition coefficient (Wildman–Crippen LogP) is 3.20. The Morgan fingerprint density at radius 1 is 1.30 bits per heavy atom. The smallest absolute Gasteiger partial charge is 0.178 e. The fraction of sp³-hybridized carbons (Fsp3) is 0.533. The van der Waals surface area contributed by atoms with Crippen molar-refractivity contribution in [2.45, 2.75) is 19.4 Å². The first-order valence-electron chi connectivity index (χ1n) is 6.71. The molecule has 5 heteroatoms. The van der Waals surface area contributed by atoms with Gasteiger partial charge in [0.1, 0.15) is 0 Å². The highest BCUT2D eigenvalue weighted by Crippen LogP contribution is 2.23. The number of rotatable bonds is 3. The molecular formula is C15H20Cl2N2O. The van der Waals surface area contributed by atoms with Crippen LogP contribution in [0, 0.1) is 0 Å². The number of carbonyl (C=O) groups is 1. The van der Waals surface area contributed by atoms with Crippen LogP contribution < -0.4 is 0 Å². The summed E-state index contributed by atoms with van der Waals surface area (Å²) < 4.78 is 0. The molecule has 1 heterocycles. The van der Waals surface area contributed by atoms with Crippen LogP contribution in [-0.2, 0) is 0 Å². The minimum absolute atomic E-state index is 0.0482. The number of Topliss-reactive ketones (excluding diaryl/α,β-unsaturated/α-hetero) is 1. The van der Waals surface area contributed by atoms with Crippen LogP contribution in [-0.4, -0.2) is 54.3 Å². The molecule has 0 amide bonds. The van der Waals surface area contributed by atoms with E-state index < -0.39 is 0 Å². The number of piperazine rings is 1. The highest BCUT2D eigenvalue weighted by atomic mass is 35.5. The number of ketones is 1. The highest BCUT2D eigenvalue weighted by molar-refractivity contribution is 6.36. The van der Waals surface area contributed by atoms with Crippen LogP contribution >= 0.6 is 23.2 Å². The van der Waals surface area contributed by atoms with Gasteiger partial charge >= 0.3 is 0 Å². The molecule has 0 unspecified atom stereocenters. The number of benzene rings is 1. The number of hydrogen-bond donors (Lipinski definition) is 0. The minimum atomic E-state index is 0.0482. The van der Waals surface area contributed by atoms with Crippen LogP contribution in [0.1, 0.15) is 24.2 Å². The second-order valence-electron chi connectivity index (χ2n) is 5.99. The van der Waals surface area contributed by atoms with Gasteiger partial charge in [0.05, 0.1) is 11.6 Å². The summed E-state index contributed by atoms with van der Waals surface area (Å²) in [4.78, 5) is 16.9. The van der Waals surface area contributed by atoms with Gasteiger partial charge in [-0.2, -0.15) is 0 Å². The average molecular weight is 315 g/mol. The molecule has 1 aliphatic rings. The topological polar surface area (TPSA) is 23.6 Å². The molecule has 1 saturated heterocycles. The molecule has 0 N–H and O–H groups in total. The van der Waals surface area contributed by atoms with Crippen molar-refractivity contribution in [3.8, 4) is 0 Å². The Bertz CT molecular complexity index is 517. The SMILES string of the molecule is CN1CCN(CC(=O)c2ccc(Cl)cc2Cl)CC1(C)C. The molecule has 2 rings (SSSR count). The Kier molecular flexibility index (Phi) is 4.75. The van der Waals surface area contributed by atoms with E-state index in [2.05, 4.69) is 30.7 Å². The summed E-state index contributed by atoms with van der Waals surface area (Å²) in [6.45, 7) is 7.53. The zero-order chi connectivity index (χ0) is 14.9. The van der Waals surface area contributed by atoms with Gasteiger partial charge in [-0.1, -0.05) is 23.2 Å². The van der Waals surface area contributed by atoms with E-state index in [9.17, 15) is 4.79 Å². The third-order valence-electron chi connectivity index (χ3n) is 3.99. The molecule has 0 aliphatic carbocycles. The van der Waals surface area contributed by atoms with Crippen molar-refractivity contribution >= 4 is 29.0 Å². The van der Waals surface area contributed by atoms with E-state index in [0.717, 1.165) is 19.6 Å². The maximum absolute atomic E-state index is 12.4. The highest BCUT2D eigenvalue weighted by Gasteiger charge is 2.31. The lowest BCUT2D eigenvalue weighted by Gasteiger charge is -2.45. The van der Waals surface area contributed by atoms with Gasteiger partial charge < -0.3 is 0 Å². The van der Waals surface area contributed by atoms with Gasteiger partial charge in [-0.25, -0.2) is 0 Å². The Labute approximate surface area is 130 Å². The van der Waals surface area contributed by atoms with Crippen molar-refractivity contribution < 1.29 is 4.79 Å². The molecule has 0 aromatic heterocycles. The van der Waals surface area contributed by atoms with Crippen LogP contribution in [0.2, 0.25) is 10.0 Å². The zero-order valence-corrected chi connectivity index (χ0v) is 13.6. The van der Waals surface area contributed by atoms with Crippen molar-refractivity contribution in [2.75, 3.05) is 33.2 Å². The Morgan fingerprint density at radius 3 is 2.60 bits per heavy atom. The average Bonchev–Trinajstić information content (AvgIpc) is 2.33. The normalized spacial score (nSPS) is 20.1. The fourth-order valence-electron chi connectivity index (χ4n) is 2.48.